The van der Waals surface area contributed by atoms with E-state index in [9.17, 15) is 27.2 Å². The molecule has 2 aromatic carbocycles. The van der Waals surface area contributed by atoms with E-state index in [-0.39, 0.29) is 35.8 Å². The van der Waals surface area contributed by atoms with Gasteiger partial charge in [-0.3, -0.25) is 9.59 Å². The second kappa shape index (κ2) is 15.1. The van der Waals surface area contributed by atoms with Gasteiger partial charge in [0.25, 0.3) is 11.8 Å². The highest BCUT2D eigenvalue weighted by Gasteiger charge is 2.38. The minimum atomic E-state index is -5.08. The van der Waals surface area contributed by atoms with Gasteiger partial charge in [0.15, 0.2) is 0 Å². The molecule has 4 rings (SSSR count). The van der Waals surface area contributed by atoms with Gasteiger partial charge in [-0.1, -0.05) is 11.6 Å². The fourth-order valence-corrected chi connectivity index (χ4v) is 3.76. The summed E-state index contributed by atoms with van der Waals surface area (Å²) in [6, 6.07) is 11.8. The second-order valence-electron chi connectivity index (χ2n) is 8.68. The number of morpholine rings is 1. The number of ether oxygens (including phenoxy) is 2. The maximum atomic E-state index is 14.1. The van der Waals surface area contributed by atoms with Gasteiger partial charge in [0.05, 0.1) is 35.1 Å². The molecule has 0 atom stereocenters. The number of carbonyl (C=O) groups is 3. The first-order valence-electron chi connectivity index (χ1n) is 12.5. The van der Waals surface area contributed by atoms with Crippen molar-refractivity contribution in [2.75, 3.05) is 55.0 Å². The highest BCUT2D eigenvalue weighted by Crippen LogP contribution is 2.28. The molecule has 1 aromatic heterocycles. The normalized spacial score (nSPS) is 12.9. The van der Waals surface area contributed by atoms with Gasteiger partial charge in [-0.25, -0.2) is 14.2 Å². The maximum Gasteiger partial charge on any atom is 0.490 e. The Balaban J connectivity index is 0.000000646. The molecule has 2 heterocycles. The number of nitrogens with one attached hydrogen (secondary N) is 2. The van der Waals surface area contributed by atoms with Gasteiger partial charge in [0.1, 0.15) is 24.0 Å². The van der Waals surface area contributed by atoms with Crippen molar-refractivity contribution >= 4 is 46.6 Å². The number of benzene rings is 2. The first-order chi connectivity index (χ1) is 20.4. The summed E-state index contributed by atoms with van der Waals surface area (Å²) in [4.78, 5) is 41.1. The average molecular weight is 628 g/mol. The third-order valence-corrected chi connectivity index (χ3v) is 5.87. The highest BCUT2D eigenvalue weighted by molar-refractivity contribution is 6.30. The van der Waals surface area contributed by atoms with Crippen LogP contribution >= 0.6 is 11.6 Å². The first kappa shape index (κ1) is 33.0. The van der Waals surface area contributed by atoms with E-state index in [2.05, 4.69) is 20.5 Å². The van der Waals surface area contributed by atoms with Crippen LogP contribution < -0.4 is 26.0 Å². The third-order valence-electron chi connectivity index (χ3n) is 5.65. The van der Waals surface area contributed by atoms with E-state index in [1.165, 1.54) is 18.3 Å². The molecule has 0 saturated carbocycles. The van der Waals surface area contributed by atoms with Crippen molar-refractivity contribution in [2.24, 2.45) is 5.73 Å². The van der Waals surface area contributed by atoms with Crippen molar-refractivity contribution in [3.05, 3.63) is 76.7 Å². The van der Waals surface area contributed by atoms with Crippen LogP contribution in [0.1, 0.15) is 20.7 Å². The molecule has 230 valence electrons. The standard InChI is InChI=1S/C25H25ClFN5O4.C2HF3O2/c26-16-1-6-23(29-15-16)31-24(33)19-4-2-17(27)13-21(19)30-25(34)20-5-3-18(14-22(20)36-10-7-28)32-8-11-35-12-9-32;3-2(4,5)1(6)7/h1-6,13-15H,7-12,28H2,(H,30,34)(H,29,31,33);(H,6,7). The lowest BCUT2D eigenvalue weighted by Gasteiger charge is -2.29. The quantitative estimate of drug-likeness (QED) is 0.269. The van der Waals surface area contributed by atoms with Crippen LogP contribution in [0, 0.1) is 5.82 Å². The Hall–Kier alpha value is -4.47. The molecule has 16 heteroatoms. The van der Waals surface area contributed by atoms with Crippen LogP contribution in [0.3, 0.4) is 0 Å². The predicted octanol–water partition coefficient (Wildman–Crippen LogP) is 4.19. The van der Waals surface area contributed by atoms with E-state index in [0.717, 1.165) is 17.8 Å². The van der Waals surface area contributed by atoms with Crippen molar-refractivity contribution < 1.29 is 46.5 Å². The number of alkyl halides is 3. The molecular weight excluding hydrogens is 602 g/mol. The number of aliphatic carboxylic acids is 1. The first-order valence-corrected chi connectivity index (χ1v) is 12.9. The van der Waals surface area contributed by atoms with Gasteiger partial charge >= 0.3 is 12.1 Å². The second-order valence-corrected chi connectivity index (χ2v) is 9.12. The largest absolute Gasteiger partial charge is 0.491 e. The molecule has 0 bridgehead atoms. The summed E-state index contributed by atoms with van der Waals surface area (Å²) < 4.78 is 57.0. The molecular formula is C27H26ClF4N5O6. The van der Waals surface area contributed by atoms with E-state index in [0.29, 0.717) is 37.1 Å². The number of nitrogens with two attached hydrogens (primary N) is 1. The summed E-state index contributed by atoms with van der Waals surface area (Å²) in [5, 5.41) is 12.8. The molecule has 1 aliphatic heterocycles. The van der Waals surface area contributed by atoms with Gasteiger partial charge in [-0.05, 0) is 42.5 Å². The van der Waals surface area contributed by atoms with Crippen molar-refractivity contribution in [1.29, 1.82) is 0 Å². The van der Waals surface area contributed by atoms with Crippen LogP contribution in [-0.2, 0) is 9.53 Å². The van der Waals surface area contributed by atoms with Crippen LogP contribution in [-0.4, -0.2) is 73.5 Å². The Kier molecular flexibility index (Phi) is 11.6. The molecule has 2 amide bonds. The van der Waals surface area contributed by atoms with Crippen molar-refractivity contribution in [1.82, 2.24) is 4.98 Å². The van der Waals surface area contributed by atoms with Gasteiger partial charge in [-0.2, -0.15) is 13.2 Å². The number of hydrogen-bond acceptors (Lipinski definition) is 8. The van der Waals surface area contributed by atoms with Crippen LogP contribution in [0.2, 0.25) is 5.02 Å². The molecule has 1 saturated heterocycles. The van der Waals surface area contributed by atoms with Crippen LogP contribution in [0.25, 0.3) is 0 Å². The number of anilines is 3. The van der Waals surface area contributed by atoms with E-state index >= 15 is 0 Å². The molecule has 3 aromatic rings. The summed E-state index contributed by atoms with van der Waals surface area (Å²) in [5.41, 5.74) is 6.74. The fourth-order valence-electron chi connectivity index (χ4n) is 3.65. The summed E-state index contributed by atoms with van der Waals surface area (Å²) >= 11 is 5.83. The molecule has 1 aliphatic rings. The number of pyridine rings is 1. The van der Waals surface area contributed by atoms with Crippen molar-refractivity contribution in [2.45, 2.75) is 6.18 Å². The van der Waals surface area contributed by atoms with Crippen LogP contribution in [0.5, 0.6) is 5.75 Å². The van der Waals surface area contributed by atoms with Crippen LogP contribution in [0.15, 0.2) is 54.7 Å². The van der Waals surface area contributed by atoms with E-state index in [4.69, 9.17) is 36.7 Å². The number of halogens is 5. The van der Waals surface area contributed by atoms with E-state index < -0.39 is 29.8 Å². The summed E-state index contributed by atoms with van der Waals surface area (Å²) in [5.74, 6) is -3.94. The molecule has 0 radical (unpaired) electrons. The summed E-state index contributed by atoms with van der Waals surface area (Å²) in [6.45, 7) is 3.11. The van der Waals surface area contributed by atoms with Gasteiger partial charge in [0.2, 0.25) is 0 Å². The lowest BCUT2D eigenvalue weighted by Crippen LogP contribution is -2.36. The van der Waals surface area contributed by atoms with Gasteiger partial charge < -0.3 is 35.8 Å². The highest BCUT2D eigenvalue weighted by atomic mass is 35.5. The lowest BCUT2D eigenvalue weighted by atomic mass is 10.1. The number of carboxylic acids is 1. The fraction of sp³-hybridized carbons (Fsp3) is 0.259. The minimum absolute atomic E-state index is 0.00602. The molecule has 1 fully saturated rings. The number of nitrogens with zero attached hydrogens (tertiary/aromatic N) is 2. The zero-order valence-electron chi connectivity index (χ0n) is 22.3. The topological polar surface area (TPSA) is 156 Å². The van der Waals surface area contributed by atoms with Crippen molar-refractivity contribution in [3.63, 3.8) is 0 Å². The summed E-state index contributed by atoms with van der Waals surface area (Å²) in [7, 11) is 0. The molecule has 0 spiro atoms. The van der Waals surface area contributed by atoms with Gasteiger partial charge in [-0.15, -0.1) is 0 Å². The molecule has 0 unspecified atom stereocenters. The van der Waals surface area contributed by atoms with Crippen molar-refractivity contribution in [3.8, 4) is 5.75 Å². The number of amides is 2. The summed E-state index contributed by atoms with van der Waals surface area (Å²) in [6.07, 6.45) is -3.70. The van der Waals surface area contributed by atoms with E-state index in [1.807, 2.05) is 0 Å². The molecule has 5 N–H and O–H groups in total. The lowest BCUT2D eigenvalue weighted by molar-refractivity contribution is -0.192. The number of hydrogen-bond donors (Lipinski definition) is 4. The average Bonchev–Trinajstić information content (AvgIpc) is 2.97. The van der Waals surface area contributed by atoms with E-state index in [1.54, 1.807) is 24.3 Å². The van der Waals surface area contributed by atoms with Gasteiger partial charge in [0, 0.05) is 37.6 Å². The minimum Gasteiger partial charge on any atom is -0.491 e. The smallest absolute Gasteiger partial charge is 0.490 e. The SMILES string of the molecule is NCCOc1cc(N2CCOCC2)ccc1C(=O)Nc1cc(F)ccc1C(=O)Nc1ccc(Cl)cn1.O=C(O)C(F)(F)F. The Morgan fingerprint density at radius 3 is 2.28 bits per heavy atom. The number of rotatable bonds is 8. The Labute approximate surface area is 247 Å². The Morgan fingerprint density at radius 2 is 1.67 bits per heavy atom. The zero-order valence-corrected chi connectivity index (χ0v) is 23.0. The molecule has 43 heavy (non-hydrogen) atoms. The Morgan fingerprint density at radius 1 is 1.02 bits per heavy atom. The predicted molar refractivity (Wildman–Crippen MR) is 149 cm³/mol. The van der Waals surface area contributed by atoms with Crippen LogP contribution in [0.4, 0.5) is 34.8 Å². The Bertz CT molecular complexity index is 1440. The number of carboxylic acid groups (broad SMARTS) is 1. The number of aromatic nitrogens is 1. The zero-order chi connectivity index (χ0) is 31.6. The maximum absolute atomic E-state index is 14.1. The number of carbonyl (C=O) groups excluding carboxylic acids is 2. The monoisotopic (exact) mass is 627 g/mol. The third kappa shape index (κ3) is 9.80. The molecule has 11 nitrogen and oxygen atoms in total. The molecule has 0 aliphatic carbocycles.